The van der Waals surface area contributed by atoms with E-state index in [0.717, 1.165) is 0 Å². The van der Waals surface area contributed by atoms with Gasteiger partial charge in [-0.05, 0) is 18.2 Å². The van der Waals surface area contributed by atoms with E-state index in [-0.39, 0.29) is 23.9 Å². The molecule has 0 aliphatic rings. The molecule has 176 valence electrons. The van der Waals surface area contributed by atoms with Gasteiger partial charge < -0.3 is 14.5 Å². The van der Waals surface area contributed by atoms with Crippen LogP contribution >= 0.6 is 0 Å². The van der Waals surface area contributed by atoms with Crippen molar-refractivity contribution in [2.45, 2.75) is 13.2 Å². The van der Waals surface area contributed by atoms with E-state index >= 15 is 0 Å². The van der Waals surface area contributed by atoms with Crippen molar-refractivity contribution in [1.82, 2.24) is 9.78 Å². The van der Waals surface area contributed by atoms with Crippen molar-refractivity contribution in [1.29, 1.82) is 0 Å². The van der Waals surface area contributed by atoms with Gasteiger partial charge in [0.1, 0.15) is 18.2 Å². The molecule has 1 N–H and O–H groups in total. The Morgan fingerprint density at radius 2 is 1.59 bits per heavy atom. The van der Waals surface area contributed by atoms with Gasteiger partial charge in [-0.2, -0.15) is 13.9 Å². The molecular weight excluding hydrogens is 468 g/mol. The number of hydrogen-bond donors (Lipinski definition) is 1. The van der Waals surface area contributed by atoms with Gasteiger partial charge in [0.25, 0.3) is 5.91 Å². The average molecular weight is 481 g/mol. The van der Waals surface area contributed by atoms with Gasteiger partial charge in [0.2, 0.25) is 29.1 Å². The number of nitrogens with zero attached hydrogens (tertiary/aromatic N) is 2. The minimum absolute atomic E-state index is 0.126. The summed E-state index contributed by atoms with van der Waals surface area (Å²) in [6.45, 7) is -0.592. The lowest BCUT2D eigenvalue weighted by molar-refractivity contribution is 0.0991. The SMILES string of the molecule is O=C(Nc1ccn(Cc2ccccc2F)n1)c1ccc(COc2c(F)c(F)c(F)c(F)c2F)o1. The average Bonchev–Trinajstić information content (AvgIpc) is 3.47. The van der Waals surface area contributed by atoms with Crippen LogP contribution in [0.25, 0.3) is 0 Å². The summed E-state index contributed by atoms with van der Waals surface area (Å²) in [6.07, 6.45) is 1.52. The van der Waals surface area contributed by atoms with Crippen molar-refractivity contribution in [3.8, 4) is 5.75 Å². The lowest BCUT2D eigenvalue weighted by Gasteiger charge is -2.09. The molecule has 0 aliphatic heterocycles. The van der Waals surface area contributed by atoms with Gasteiger partial charge in [-0.3, -0.25) is 9.48 Å². The number of nitrogens with one attached hydrogen (secondary N) is 1. The van der Waals surface area contributed by atoms with Crippen molar-refractivity contribution in [3.63, 3.8) is 0 Å². The first kappa shape index (κ1) is 23.0. The molecule has 0 saturated heterocycles. The van der Waals surface area contributed by atoms with E-state index in [4.69, 9.17) is 4.42 Å². The summed E-state index contributed by atoms with van der Waals surface area (Å²) in [5.74, 6) is -13.7. The summed E-state index contributed by atoms with van der Waals surface area (Å²) in [4.78, 5) is 12.3. The maximum Gasteiger partial charge on any atom is 0.292 e. The summed E-state index contributed by atoms with van der Waals surface area (Å²) >= 11 is 0. The van der Waals surface area contributed by atoms with E-state index in [2.05, 4.69) is 15.2 Å². The van der Waals surface area contributed by atoms with Crippen molar-refractivity contribution in [2.24, 2.45) is 0 Å². The Balaban J connectivity index is 1.39. The number of amides is 1. The van der Waals surface area contributed by atoms with Crippen molar-refractivity contribution < 1.29 is 40.3 Å². The fraction of sp³-hybridized carbons (Fsp3) is 0.0909. The van der Waals surface area contributed by atoms with Crippen LogP contribution in [-0.4, -0.2) is 15.7 Å². The normalized spacial score (nSPS) is 11.0. The van der Waals surface area contributed by atoms with Crippen LogP contribution in [0.15, 0.2) is 53.1 Å². The summed E-state index contributed by atoms with van der Waals surface area (Å²) < 4.78 is 92.0. The van der Waals surface area contributed by atoms with Gasteiger partial charge in [0.15, 0.2) is 17.3 Å². The first-order chi connectivity index (χ1) is 16.2. The quantitative estimate of drug-likeness (QED) is 0.224. The van der Waals surface area contributed by atoms with E-state index in [0.29, 0.717) is 5.56 Å². The molecule has 0 spiro atoms. The zero-order valence-electron chi connectivity index (χ0n) is 16.9. The largest absolute Gasteiger partial charge is 0.479 e. The molecule has 0 bridgehead atoms. The molecule has 0 saturated carbocycles. The molecule has 0 atom stereocenters. The number of furan rings is 1. The molecule has 1 amide bonds. The molecule has 4 aromatic rings. The minimum atomic E-state index is -2.31. The Labute approximate surface area is 187 Å². The van der Waals surface area contributed by atoms with E-state index in [9.17, 15) is 31.1 Å². The highest BCUT2D eigenvalue weighted by molar-refractivity contribution is 6.01. The molecule has 2 aromatic carbocycles. The standard InChI is InChI=1S/C22H13F6N3O3/c23-13-4-2-1-3-11(13)9-31-8-7-15(30-31)29-22(32)14-6-5-12(34-14)10-33-21-19(27)17(25)16(24)18(26)20(21)28/h1-8H,9-10H2,(H,29,30,32). The van der Waals surface area contributed by atoms with Crippen LogP contribution < -0.4 is 10.1 Å². The Kier molecular flexibility index (Phi) is 6.30. The van der Waals surface area contributed by atoms with Crippen LogP contribution in [0.5, 0.6) is 5.75 Å². The van der Waals surface area contributed by atoms with Crippen LogP contribution in [-0.2, 0) is 13.2 Å². The van der Waals surface area contributed by atoms with Gasteiger partial charge in [-0.25, -0.2) is 17.6 Å². The number of aromatic nitrogens is 2. The summed E-state index contributed by atoms with van der Waals surface area (Å²) in [6, 6.07) is 10.0. The Morgan fingerprint density at radius 3 is 2.29 bits per heavy atom. The highest BCUT2D eigenvalue weighted by Crippen LogP contribution is 2.29. The molecule has 2 heterocycles. The van der Waals surface area contributed by atoms with Crippen molar-refractivity contribution in [2.75, 3.05) is 5.32 Å². The molecule has 0 radical (unpaired) electrons. The molecule has 2 aromatic heterocycles. The van der Waals surface area contributed by atoms with E-state index in [1.54, 1.807) is 18.2 Å². The molecule has 0 aliphatic carbocycles. The van der Waals surface area contributed by atoms with Crippen molar-refractivity contribution in [3.05, 3.63) is 101 Å². The zero-order valence-corrected chi connectivity index (χ0v) is 16.9. The maximum atomic E-state index is 13.8. The third kappa shape index (κ3) is 4.60. The lowest BCUT2D eigenvalue weighted by atomic mass is 10.2. The highest BCUT2D eigenvalue weighted by Gasteiger charge is 2.27. The number of anilines is 1. The van der Waals surface area contributed by atoms with Crippen molar-refractivity contribution >= 4 is 11.7 Å². The first-order valence-electron chi connectivity index (χ1n) is 9.55. The third-order valence-corrected chi connectivity index (χ3v) is 4.59. The van der Waals surface area contributed by atoms with Crippen LogP contribution in [0.2, 0.25) is 0 Å². The number of carbonyl (C=O) groups excluding carboxylic acids is 1. The van der Waals surface area contributed by atoms with Gasteiger partial charge in [-0.1, -0.05) is 18.2 Å². The summed E-state index contributed by atoms with van der Waals surface area (Å²) in [5.41, 5.74) is 0.396. The minimum Gasteiger partial charge on any atom is -0.479 e. The molecule has 0 unspecified atom stereocenters. The molecular formula is C22H13F6N3O3. The van der Waals surface area contributed by atoms with Gasteiger partial charge in [0, 0.05) is 17.8 Å². The van der Waals surface area contributed by atoms with Crippen LogP contribution in [0, 0.1) is 34.9 Å². The van der Waals surface area contributed by atoms with E-state index < -0.39 is 53.2 Å². The molecule has 0 fully saturated rings. The Morgan fingerprint density at radius 1 is 0.912 bits per heavy atom. The second-order valence-corrected chi connectivity index (χ2v) is 6.90. The second kappa shape index (κ2) is 9.33. The van der Waals surface area contributed by atoms with Crippen LogP contribution in [0.3, 0.4) is 0 Å². The van der Waals surface area contributed by atoms with Crippen LogP contribution in [0.4, 0.5) is 32.2 Å². The summed E-state index contributed by atoms with van der Waals surface area (Å²) in [7, 11) is 0. The third-order valence-electron chi connectivity index (χ3n) is 4.59. The van der Waals surface area contributed by atoms with Gasteiger partial charge >= 0.3 is 0 Å². The number of carbonyl (C=O) groups is 1. The predicted molar refractivity (Wildman–Crippen MR) is 105 cm³/mol. The Bertz CT molecular complexity index is 1340. The number of hydrogen-bond acceptors (Lipinski definition) is 4. The molecule has 12 heteroatoms. The van der Waals surface area contributed by atoms with E-state index in [1.807, 2.05) is 0 Å². The van der Waals surface area contributed by atoms with Gasteiger partial charge in [0.05, 0.1) is 6.54 Å². The fourth-order valence-electron chi connectivity index (χ4n) is 2.93. The highest BCUT2D eigenvalue weighted by atomic mass is 19.2. The Hall–Kier alpha value is -4.22. The predicted octanol–water partition coefficient (Wildman–Crippen LogP) is 5.19. The first-order valence-corrected chi connectivity index (χ1v) is 9.55. The zero-order chi connectivity index (χ0) is 24.4. The lowest BCUT2D eigenvalue weighted by Crippen LogP contribution is -2.12. The van der Waals surface area contributed by atoms with Gasteiger partial charge in [-0.15, -0.1) is 0 Å². The molecule has 4 rings (SSSR count). The second-order valence-electron chi connectivity index (χ2n) is 6.90. The monoisotopic (exact) mass is 481 g/mol. The summed E-state index contributed by atoms with van der Waals surface area (Å²) in [5, 5.41) is 6.55. The molecule has 34 heavy (non-hydrogen) atoms. The fourth-order valence-corrected chi connectivity index (χ4v) is 2.93. The topological polar surface area (TPSA) is 69.3 Å². The number of rotatable bonds is 7. The van der Waals surface area contributed by atoms with Crippen LogP contribution in [0.1, 0.15) is 21.9 Å². The maximum absolute atomic E-state index is 13.8. The number of benzene rings is 2. The molecule has 6 nitrogen and oxygen atoms in total. The number of ether oxygens (including phenoxy) is 1. The van der Waals surface area contributed by atoms with E-state index in [1.165, 1.54) is 35.1 Å². The number of halogens is 6. The smallest absolute Gasteiger partial charge is 0.292 e.